The van der Waals surface area contributed by atoms with Gasteiger partial charge in [-0.3, -0.25) is 0 Å². The molecule has 2 aromatic heterocycles. The summed E-state index contributed by atoms with van der Waals surface area (Å²) in [6.45, 7) is 3.85. The van der Waals surface area contributed by atoms with Gasteiger partial charge in [0, 0.05) is 33.6 Å². The van der Waals surface area contributed by atoms with Crippen LogP contribution in [0.3, 0.4) is 0 Å². The van der Waals surface area contributed by atoms with Gasteiger partial charge in [0.25, 0.3) is 0 Å². The molecule has 92 valence electrons. The zero-order valence-corrected chi connectivity index (χ0v) is 13.3. The first-order valence-electron chi connectivity index (χ1n) is 5.11. The van der Waals surface area contributed by atoms with Crippen molar-refractivity contribution in [2.75, 3.05) is 12.3 Å². The van der Waals surface area contributed by atoms with E-state index in [2.05, 4.69) is 42.1 Å². The number of aryl methyl sites for hydroxylation is 1. The van der Waals surface area contributed by atoms with Crippen LogP contribution in [0.2, 0.25) is 0 Å². The highest BCUT2D eigenvalue weighted by molar-refractivity contribution is 9.10. The molecule has 0 atom stereocenters. The third-order valence-electron chi connectivity index (χ3n) is 1.93. The Morgan fingerprint density at radius 3 is 3.06 bits per heavy atom. The number of rotatable bonds is 6. The van der Waals surface area contributed by atoms with E-state index < -0.39 is 0 Å². The van der Waals surface area contributed by atoms with E-state index in [4.69, 9.17) is 0 Å². The van der Waals surface area contributed by atoms with Crippen molar-refractivity contribution < 1.29 is 0 Å². The van der Waals surface area contributed by atoms with Gasteiger partial charge in [0.05, 0.1) is 0 Å². The quantitative estimate of drug-likeness (QED) is 0.639. The van der Waals surface area contributed by atoms with Crippen molar-refractivity contribution >= 4 is 50.6 Å². The summed E-state index contributed by atoms with van der Waals surface area (Å²) < 4.78 is 6.37. The van der Waals surface area contributed by atoms with Gasteiger partial charge >= 0.3 is 0 Å². The van der Waals surface area contributed by atoms with Gasteiger partial charge in [-0.2, -0.15) is 4.37 Å². The van der Waals surface area contributed by atoms with E-state index >= 15 is 0 Å². The van der Waals surface area contributed by atoms with Gasteiger partial charge < -0.3 is 5.32 Å². The Morgan fingerprint density at radius 1 is 1.53 bits per heavy atom. The van der Waals surface area contributed by atoms with Crippen LogP contribution in [-0.2, 0) is 6.54 Å². The number of nitrogens with one attached hydrogen (secondary N) is 1. The van der Waals surface area contributed by atoms with Crippen molar-refractivity contribution in [3.8, 4) is 0 Å². The molecule has 0 saturated heterocycles. The summed E-state index contributed by atoms with van der Waals surface area (Å²) in [6.07, 6.45) is 0. The fourth-order valence-corrected chi connectivity index (χ4v) is 4.24. The summed E-state index contributed by atoms with van der Waals surface area (Å²) in [6, 6.07) is 2.15. The number of thiophene rings is 1. The van der Waals surface area contributed by atoms with E-state index in [1.54, 1.807) is 23.1 Å². The monoisotopic (exact) mass is 349 g/mol. The van der Waals surface area contributed by atoms with E-state index in [9.17, 15) is 0 Å². The Bertz CT molecular complexity index is 427. The minimum absolute atomic E-state index is 0.869. The molecule has 0 fully saturated rings. The fraction of sp³-hybridized carbons (Fsp3) is 0.400. The largest absolute Gasteiger partial charge is 0.311 e. The van der Waals surface area contributed by atoms with Crippen LogP contribution >= 0.6 is 50.6 Å². The molecule has 0 unspecified atom stereocenters. The highest BCUT2D eigenvalue weighted by atomic mass is 79.9. The second kappa shape index (κ2) is 6.84. The second-order valence-electron chi connectivity index (χ2n) is 3.36. The summed E-state index contributed by atoms with van der Waals surface area (Å²) in [5.74, 6) is 1.90. The molecule has 1 N–H and O–H groups in total. The Morgan fingerprint density at radius 2 is 2.41 bits per heavy atom. The molecule has 0 spiro atoms. The van der Waals surface area contributed by atoms with Crippen molar-refractivity contribution in [2.45, 2.75) is 17.8 Å². The van der Waals surface area contributed by atoms with Gasteiger partial charge in [-0.05, 0) is 40.5 Å². The van der Waals surface area contributed by atoms with E-state index in [1.165, 1.54) is 16.4 Å². The fourth-order valence-electron chi connectivity index (χ4n) is 1.21. The molecule has 0 radical (unpaired) electrons. The van der Waals surface area contributed by atoms with Crippen molar-refractivity contribution in [3.05, 3.63) is 26.6 Å². The number of halogens is 1. The van der Waals surface area contributed by atoms with E-state index in [-0.39, 0.29) is 0 Å². The summed E-state index contributed by atoms with van der Waals surface area (Å²) in [4.78, 5) is 5.66. The topological polar surface area (TPSA) is 37.8 Å². The Hall–Kier alpha value is 0.0500. The first kappa shape index (κ1) is 13.5. The molecule has 0 aromatic carbocycles. The maximum absolute atomic E-state index is 4.31. The predicted octanol–water partition coefficient (Wildman–Crippen LogP) is 3.55. The third kappa shape index (κ3) is 4.67. The Kier molecular flexibility index (Phi) is 5.43. The van der Waals surface area contributed by atoms with E-state index in [1.807, 2.05) is 6.92 Å². The summed E-state index contributed by atoms with van der Waals surface area (Å²) in [5, 5.41) is 5.52. The minimum atomic E-state index is 0.869. The zero-order chi connectivity index (χ0) is 12.1. The van der Waals surface area contributed by atoms with Crippen LogP contribution in [-0.4, -0.2) is 21.7 Å². The van der Waals surface area contributed by atoms with Crippen LogP contribution in [0, 0.1) is 6.92 Å². The molecule has 0 aliphatic carbocycles. The zero-order valence-electron chi connectivity index (χ0n) is 9.27. The lowest BCUT2D eigenvalue weighted by atomic mass is 10.4. The molecule has 2 heterocycles. The number of thioether (sulfide) groups is 1. The van der Waals surface area contributed by atoms with Gasteiger partial charge in [0.2, 0.25) is 0 Å². The highest BCUT2D eigenvalue weighted by Gasteiger charge is 2.01. The molecule has 2 aromatic rings. The minimum Gasteiger partial charge on any atom is -0.311 e. The normalized spacial score (nSPS) is 10.9. The van der Waals surface area contributed by atoms with Gasteiger partial charge in [-0.25, -0.2) is 4.98 Å². The maximum atomic E-state index is 4.31. The molecule has 0 amide bonds. The van der Waals surface area contributed by atoms with Crippen LogP contribution in [0.15, 0.2) is 20.3 Å². The summed E-state index contributed by atoms with van der Waals surface area (Å²) in [7, 11) is 0. The van der Waals surface area contributed by atoms with Crippen molar-refractivity contribution in [3.63, 3.8) is 0 Å². The third-order valence-corrected chi connectivity index (χ3v) is 5.56. The van der Waals surface area contributed by atoms with Crippen LogP contribution in [0.5, 0.6) is 0 Å². The lowest BCUT2D eigenvalue weighted by molar-refractivity contribution is 0.740. The standard InChI is InChI=1S/C10H12BrN3S3/c1-7-13-10(17-14-7)15-3-2-12-5-9-4-8(11)6-16-9/h4,6,12H,2-3,5H2,1H3. The molecular weight excluding hydrogens is 338 g/mol. The van der Waals surface area contributed by atoms with Crippen LogP contribution in [0.1, 0.15) is 10.7 Å². The number of nitrogens with zero attached hydrogens (tertiary/aromatic N) is 2. The molecular formula is C10H12BrN3S3. The highest BCUT2D eigenvalue weighted by Crippen LogP contribution is 2.20. The van der Waals surface area contributed by atoms with E-state index in [0.717, 1.165) is 33.5 Å². The average molecular weight is 350 g/mol. The molecule has 17 heavy (non-hydrogen) atoms. The van der Waals surface area contributed by atoms with Crippen LogP contribution < -0.4 is 5.32 Å². The molecule has 2 rings (SSSR count). The smallest absolute Gasteiger partial charge is 0.170 e. The van der Waals surface area contributed by atoms with Gasteiger partial charge in [0.15, 0.2) is 4.34 Å². The molecule has 0 aliphatic rings. The summed E-state index contributed by atoms with van der Waals surface area (Å²) in [5.41, 5.74) is 0. The maximum Gasteiger partial charge on any atom is 0.170 e. The average Bonchev–Trinajstić information content (AvgIpc) is 2.88. The van der Waals surface area contributed by atoms with Crippen molar-refractivity contribution in [2.24, 2.45) is 0 Å². The molecule has 0 saturated carbocycles. The molecule has 0 aliphatic heterocycles. The SMILES string of the molecule is Cc1nsc(SCCNCc2cc(Br)cs2)n1. The van der Waals surface area contributed by atoms with Gasteiger partial charge in [-0.15, -0.1) is 11.3 Å². The Balaban J connectivity index is 1.60. The van der Waals surface area contributed by atoms with Crippen LogP contribution in [0.4, 0.5) is 0 Å². The van der Waals surface area contributed by atoms with E-state index in [0.29, 0.717) is 0 Å². The van der Waals surface area contributed by atoms with Gasteiger partial charge in [0.1, 0.15) is 5.82 Å². The number of hydrogen-bond acceptors (Lipinski definition) is 6. The van der Waals surface area contributed by atoms with Crippen molar-refractivity contribution in [1.82, 2.24) is 14.7 Å². The lowest BCUT2D eigenvalue weighted by Crippen LogP contribution is -2.15. The number of hydrogen-bond donors (Lipinski definition) is 1. The van der Waals surface area contributed by atoms with Crippen LogP contribution in [0.25, 0.3) is 0 Å². The lowest BCUT2D eigenvalue weighted by Gasteiger charge is -2.00. The second-order valence-corrected chi connectivity index (χ2v) is 7.37. The first-order chi connectivity index (χ1) is 8.24. The molecule has 7 heteroatoms. The van der Waals surface area contributed by atoms with Crippen molar-refractivity contribution in [1.29, 1.82) is 0 Å². The first-order valence-corrected chi connectivity index (χ1v) is 8.54. The van der Waals surface area contributed by atoms with Gasteiger partial charge in [-0.1, -0.05) is 11.8 Å². The summed E-state index contributed by atoms with van der Waals surface area (Å²) >= 11 is 8.46. The molecule has 0 bridgehead atoms. The molecule has 3 nitrogen and oxygen atoms in total. The predicted molar refractivity (Wildman–Crippen MR) is 79.1 cm³/mol. The number of aromatic nitrogens is 2. The Labute approximate surface area is 121 Å².